The number of likely N-dealkylation sites (tertiary alicyclic amines) is 1. The number of hydrogen-bond acceptors (Lipinski definition) is 3. The maximum Gasteiger partial charge on any atom is 0.250 e. The van der Waals surface area contributed by atoms with Gasteiger partial charge >= 0.3 is 0 Å². The number of guanidine groups is 1. The molecule has 2 heterocycles. The van der Waals surface area contributed by atoms with E-state index in [0.29, 0.717) is 12.6 Å². The Kier molecular flexibility index (Phi) is 7.25. The minimum atomic E-state index is 0.0187. The summed E-state index contributed by atoms with van der Waals surface area (Å²) in [5, 5.41) is 3.46. The lowest BCUT2D eigenvalue weighted by Crippen LogP contribution is -2.46. The minimum absolute atomic E-state index is 0.0187. The van der Waals surface area contributed by atoms with Gasteiger partial charge < -0.3 is 19.5 Å². The van der Waals surface area contributed by atoms with E-state index >= 15 is 0 Å². The lowest BCUT2D eigenvalue weighted by molar-refractivity contribution is 0.0263. The van der Waals surface area contributed by atoms with Gasteiger partial charge in [-0.25, -0.2) is 0 Å². The van der Waals surface area contributed by atoms with Crippen LogP contribution in [-0.2, 0) is 17.8 Å². The van der Waals surface area contributed by atoms with E-state index in [1.807, 2.05) is 19.3 Å². The molecule has 0 spiro atoms. The van der Waals surface area contributed by atoms with Crippen LogP contribution in [0, 0.1) is 0 Å². The van der Waals surface area contributed by atoms with Crippen LogP contribution in [0.1, 0.15) is 30.9 Å². The van der Waals surface area contributed by atoms with Crippen LogP contribution in [0.3, 0.4) is 0 Å². The lowest BCUT2D eigenvalue weighted by Gasteiger charge is -2.34. The van der Waals surface area contributed by atoms with Gasteiger partial charge in [0.05, 0.1) is 12.6 Å². The molecule has 6 heteroatoms. The monoisotopic (exact) mass is 382 g/mol. The highest BCUT2D eigenvalue weighted by Gasteiger charge is 2.21. The van der Waals surface area contributed by atoms with Crippen molar-refractivity contribution in [3.63, 3.8) is 0 Å². The quantitative estimate of drug-likeness (QED) is 0.616. The smallest absolute Gasteiger partial charge is 0.250 e. The van der Waals surface area contributed by atoms with Gasteiger partial charge in [0.2, 0.25) is 0 Å². The Labute approximate surface area is 166 Å². The average Bonchev–Trinajstić information content (AvgIpc) is 2.73. The fourth-order valence-electron chi connectivity index (χ4n) is 3.53. The third-order valence-electron chi connectivity index (χ3n) is 5.08. The van der Waals surface area contributed by atoms with E-state index in [1.54, 1.807) is 16.7 Å². The van der Waals surface area contributed by atoms with Crippen LogP contribution < -0.4 is 10.9 Å². The van der Waals surface area contributed by atoms with E-state index in [-0.39, 0.29) is 5.56 Å². The Morgan fingerprint density at radius 3 is 2.50 bits per heavy atom. The Morgan fingerprint density at radius 1 is 1.14 bits per heavy atom. The number of nitrogens with one attached hydrogen (secondary N) is 1. The van der Waals surface area contributed by atoms with Crippen LogP contribution >= 0.6 is 0 Å². The fraction of sp³-hybridized carbons (Fsp3) is 0.455. The molecule has 1 aliphatic heterocycles. The van der Waals surface area contributed by atoms with Gasteiger partial charge in [0.25, 0.3) is 5.56 Å². The largest absolute Gasteiger partial charge is 0.378 e. The first-order valence-electron chi connectivity index (χ1n) is 10.00. The summed E-state index contributed by atoms with van der Waals surface area (Å²) in [6.45, 7) is 6.08. The maximum absolute atomic E-state index is 11.8. The SMILES string of the molecule is CCOC1CCN(C(=NC)NCc2ccc(Cn3ccccc3=O)cc2)CC1. The zero-order chi connectivity index (χ0) is 19.8. The van der Waals surface area contributed by atoms with Gasteiger partial charge in [-0.1, -0.05) is 30.3 Å². The highest BCUT2D eigenvalue weighted by Crippen LogP contribution is 2.14. The molecule has 1 aromatic heterocycles. The zero-order valence-electron chi connectivity index (χ0n) is 16.8. The van der Waals surface area contributed by atoms with Gasteiger partial charge in [-0.3, -0.25) is 9.79 Å². The second-order valence-corrected chi connectivity index (χ2v) is 7.03. The molecular formula is C22H30N4O2. The molecule has 0 bridgehead atoms. The standard InChI is InChI=1S/C22H30N4O2/c1-3-28-20-11-14-25(15-12-20)22(23-2)24-16-18-7-9-19(10-8-18)17-26-13-5-4-6-21(26)27/h4-10,13,20H,3,11-12,14-17H2,1-2H3,(H,23,24). The Bertz CT molecular complexity index is 821. The summed E-state index contributed by atoms with van der Waals surface area (Å²) < 4.78 is 7.44. The zero-order valence-corrected chi connectivity index (χ0v) is 16.8. The normalized spacial score (nSPS) is 15.6. The van der Waals surface area contributed by atoms with Gasteiger partial charge in [-0.15, -0.1) is 0 Å². The van der Waals surface area contributed by atoms with Crippen molar-refractivity contribution in [3.8, 4) is 0 Å². The van der Waals surface area contributed by atoms with E-state index in [2.05, 4.69) is 46.4 Å². The Hall–Kier alpha value is -2.60. The van der Waals surface area contributed by atoms with Crippen LogP contribution in [0.5, 0.6) is 0 Å². The maximum atomic E-state index is 11.8. The topological polar surface area (TPSA) is 58.9 Å². The molecule has 1 aliphatic rings. The molecule has 0 radical (unpaired) electrons. The predicted molar refractivity (Wildman–Crippen MR) is 113 cm³/mol. The summed E-state index contributed by atoms with van der Waals surface area (Å²) in [6, 6.07) is 13.6. The van der Waals surface area contributed by atoms with Gasteiger partial charge in [-0.2, -0.15) is 0 Å². The predicted octanol–water partition coefficient (Wildman–Crippen LogP) is 2.47. The molecule has 6 nitrogen and oxygen atoms in total. The van der Waals surface area contributed by atoms with E-state index in [4.69, 9.17) is 4.74 Å². The molecule has 3 rings (SSSR count). The molecule has 1 aromatic carbocycles. The van der Waals surface area contributed by atoms with Crippen LogP contribution in [0.15, 0.2) is 58.4 Å². The fourth-order valence-corrected chi connectivity index (χ4v) is 3.53. The molecule has 28 heavy (non-hydrogen) atoms. The third kappa shape index (κ3) is 5.45. The van der Waals surface area contributed by atoms with Gasteiger partial charge in [0.15, 0.2) is 5.96 Å². The lowest BCUT2D eigenvalue weighted by atomic mass is 10.1. The molecular weight excluding hydrogens is 352 g/mol. The Morgan fingerprint density at radius 2 is 1.86 bits per heavy atom. The molecule has 2 aromatic rings. The van der Waals surface area contributed by atoms with Crippen molar-refractivity contribution in [3.05, 3.63) is 70.1 Å². The summed E-state index contributed by atoms with van der Waals surface area (Å²) in [5.41, 5.74) is 2.32. The molecule has 1 N–H and O–H groups in total. The van der Waals surface area contributed by atoms with Crippen LogP contribution in [0.4, 0.5) is 0 Å². The van der Waals surface area contributed by atoms with Crippen molar-refractivity contribution in [1.29, 1.82) is 0 Å². The number of rotatable bonds is 6. The second kappa shape index (κ2) is 10.1. The molecule has 0 saturated carbocycles. The van der Waals surface area contributed by atoms with Gasteiger partial charge in [0, 0.05) is 45.6 Å². The van der Waals surface area contributed by atoms with E-state index < -0.39 is 0 Å². The molecule has 0 unspecified atom stereocenters. The molecule has 0 amide bonds. The number of pyridine rings is 1. The summed E-state index contributed by atoms with van der Waals surface area (Å²) >= 11 is 0. The molecule has 1 fully saturated rings. The number of aliphatic imine (C=N–C) groups is 1. The van der Waals surface area contributed by atoms with E-state index in [0.717, 1.165) is 50.6 Å². The van der Waals surface area contributed by atoms with Crippen molar-refractivity contribution in [2.45, 2.75) is 39.0 Å². The molecule has 0 atom stereocenters. The van der Waals surface area contributed by atoms with Gasteiger partial charge in [0.1, 0.15) is 0 Å². The second-order valence-electron chi connectivity index (χ2n) is 7.03. The first kappa shape index (κ1) is 20.1. The van der Waals surface area contributed by atoms with Crippen molar-refractivity contribution < 1.29 is 4.74 Å². The first-order chi connectivity index (χ1) is 13.7. The molecule has 1 saturated heterocycles. The Balaban J connectivity index is 1.51. The van der Waals surface area contributed by atoms with Crippen LogP contribution in [-0.4, -0.2) is 48.3 Å². The number of benzene rings is 1. The van der Waals surface area contributed by atoms with Crippen molar-refractivity contribution in [2.75, 3.05) is 26.7 Å². The highest BCUT2D eigenvalue weighted by molar-refractivity contribution is 5.79. The van der Waals surface area contributed by atoms with Crippen molar-refractivity contribution in [2.24, 2.45) is 4.99 Å². The number of nitrogens with zero attached hydrogens (tertiary/aromatic N) is 3. The minimum Gasteiger partial charge on any atom is -0.378 e. The number of aromatic nitrogens is 1. The van der Waals surface area contributed by atoms with Crippen molar-refractivity contribution >= 4 is 5.96 Å². The van der Waals surface area contributed by atoms with Crippen molar-refractivity contribution in [1.82, 2.24) is 14.8 Å². The number of hydrogen-bond donors (Lipinski definition) is 1. The summed E-state index contributed by atoms with van der Waals surface area (Å²) in [7, 11) is 1.83. The number of piperidine rings is 1. The van der Waals surface area contributed by atoms with Crippen LogP contribution in [0.2, 0.25) is 0 Å². The van der Waals surface area contributed by atoms with Crippen LogP contribution in [0.25, 0.3) is 0 Å². The molecule has 150 valence electrons. The molecule has 0 aliphatic carbocycles. The summed E-state index contributed by atoms with van der Waals surface area (Å²) in [6.07, 6.45) is 4.28. The van der Waals surface area contributed by atoms with E-state index in [9.17, 15) is 4.79 Å². The van der Waals surface area contributed by atoms with E-state index in [1.165, 1.54) is 5.56 Å². The summed E-state index contributed by atoms with van der Waals surface area (Å²) in [5.74, 6) is 0.940. The summed E-state index contributed by atoms with van der Waals surface area (Å²) in [4.78, 5) is 18.6. The first-order valence-corrected chi connectivity index (χ1v) is 10.00. The average molecular weight is 383 g/mol. The van der Waals surface area contributed by atoms with Gasteiger partial charge in [-0.05, 0) is 37.0 Å². The third-order valence-corrected chi connectivity index (χ3v) is 5.08. The highest BCUT2D eigenvalue weighted by atomic mass is 16.5. The number of ether oxygens (including phenoxy) is 1.